The Morgan fingerprint density at radius 2 is 2.25 bits per heavy atom. The zero-order valence-electron chi connectivity index (χ0n) is 9.93. The van der Waals surface area contributed by atoms with Crippen molar-refractivity contribution in [3.05, 3.63) is 12.2 Å². The Hall–Kier alpha value is -0.420. The molecule has 0 bridgehead atoms. The lowest BCUT2D eigenvalue weighted by Crippen LogP contribution is -2.38. The van der Waals surface area contributed by atoms with Crippen molar-refractivity contribution in [2.45, 2.75) is 26.9 Å². The quantitative estimate of drug-likeness (QED) is 0.791. The first-order chi connectivity index (χ1) is 7.70. The van der Waals surface area contributed by atoms with Crippen LogP contribution in [-0.4, -0.2) is 38.1 Å². The van der Waals surface area contributed by atoms with E-state index in [0.29, 0.717) is 0 Å². The van der Waals surface area contributed by atoms with E-state index < -0.39 is 0 Å². The average Bonchev–Trinajstić information content (AvgIpc) is 2.72. The van der Waals surface area contributed by atoms with Crippen molar-refractivity contribution in [3.63, 3.8) is 0 Å². The van der Waals surface area contributed by atoms with Crippen molar-refractivity contribution in [3.8, 4) is 0 Å². The van der Waals surface area contributed by atoms with Gasteiger partial charge in [-0.05, 0) is 11.8 Å². The molecule has 1 unspecified atom stereocenters. The fourth-order valence-corrected chi connectivity index (χ4v) is 2.99. The molecule has 1 atom stereocenters. The minimum Gasteiger partial charge on any atom is -0.315 e. The molecule has 5 heteroatoms. The third kappa shape index (κ3) is 2.63. The highest BCUT2D eigenvalue weighted by atomic mass is 79.9. The van der Waals surface area contributed by atoms with E-state index in [1.165, 1.54) is 0 Å². The summed E-state index contributed by atoms with van der Waals surface area (Å²) in [6.45, 7) is 8.81. The van der Waals surface area contributed by atoms with Crippen LogP contribution in [0.5, 0.6) is 0 Å². The van der Waals surface area contributed by atoms with Crippen molar-refractivity contribution in [2.75, 3.05) is 18.4 Å². The summed E-state index contributed by atoms with van der Waals surface area (Å²) in [5.74, 6) is 2.54. The first-order valence-electron chi connectivity index (χ1n) is 5.85. The molecule has 2 heterocycles. The van der Waals surface area contributed by atoms with Crippen LogP contribution in [0.3, 0.4) is 0 Å². The van der Waals surface area contributed by atoms with E-state index in [0.717, 1.165) is 49.2 Å². The average molecular weight is 287 g/mol. The Morgan fingerprint density at radius 1 is 1.44 bits per heavy atom. The summed E-state index contributed by atoms with van der Waals surface area (Å²) in [7, 11) is 0. The van der Waals surface area contributed by atoms with Crippen LogP contribution in [0.25, 0.3) is 0 Å². The summed E-state index contributed by atoms with van der Waals surface area (Å²) < 4.78 is 2.15. The maximum Gasteiger partial charge on any atom is 0.147 e. The summed E-state index contributed by atoms with van der Waals surface area (Å²) in [5.41, 5.74) is 0. The highest BCUT2D eigenvalue weighted by molar-refractivity contribution is 9.09. The molecule has 16 heavy (non-hydrogen) atoms. The third-order valence-corrected chi connectivity index (χ3v) is 4.18. The zero-order chi connectivity index (χ0) is 11.5. The Bertz CT molecular complexity index is 336. The lowest BCUT2D eigenvalue weighted by atomic mass is 9.97. The molecule has 0 aliphatic carbocycles. The molecule has 1 aromatic heterocycles. The second-order valence-corrected chi connectivity index (χ2v) is 5.48. The van der Waals surface area contributed by atoms with Gasteiger partial charge in [-0.1, -0.05) is 29.8 Å². The Labute approximate surface area is 105 Å². The number of nitrogens with zero attached hydrogens (tertiary/aromatic N) is 4. The highest BCUT2D eigenvalue weighted by Crippen LogP contribution is 2.18. The molecule has 0 radical (unpaired) electrons. The van der Waals surface area contributed by atoms with Crippen LogP contribution in [0, 0.1) is 11.8 Å². The van der Waals surface area contributed by atoms with Gasteiger partial charge in [0.05, 0.1) is 6.54 Å². The Balaban J connectivity index is 1.93. The molecule has 0 saturated carbocycles. The molecule has 1 aromatic rings. The third-order valence-electron chi connectivity index (χ3n) is 3.35. The van der Waals surface area contributed by atoms with Crippen LogP contribution in [0.2, 0.25) is 0 Å². The van der Waals surface area contributed by atoms with E-state index in [9.17, 15) is 0 Å². The zero-order valence-corrected chi connectivity index (χ0v) is 11.5. The van der Waals surface area contributed by atoms with Gasteiger partial charge in [0, 0.05) is 25.0 Å². The first kappa shape index (κ1) is 12.0. The molecular weight excluding hydrogens is 268 g/mol. The minimum absolute atomic E-state index is 0.717. The monoisotopic (exact) mass is 286 g/mol. The lowest BCUT2D eigenvalue weighted by molar-refractivity contribution is 0.174. The lowest BCUT2D eigenvalue weighted by Gasteiger charge is -2.31. The topological polar surface area (TPSA) is 34.0 Å². The van der Waals surface area contributed by atoms with Gasteiger partial charge in [-0.2, -0.15) is 0 Å². The molecule has 90 valence electrons. The van der Waals surface area contributed by atoms with Crippen LogP contribution in [0.4, 0.5) is 0 Å². The molecule has 1 aliphatic heterocycles. The summed E-state index contributed by atoms with van der Waals surface area (Å²) in [5, 5.41) is 9.17. The molecule has 0 N–H and O–H groups in total. The smallest absolute Gasteiger partial charge is 0.147 e. The number of fused-ring (bicyclic) bond motifs is 1. The molecular formula is C11H19BrN4. The van der Waals surface area contributed by atoms with Gasteiger partial charge in [0.15, 0.2) is 0 Å². The van der Waals surface area contributed by atoms with Gasteiger partial charge in [-0.25, -0.2) is 0 Å². The SMILES string of the molecule is CC(C)C(CBr)CN1CCn2cnnc2C1. The fraction of sp³-hybridized carbons (Fsp3) is 0.818. The molecule has 1 aliphatic rings. The van der Waals surface area contributed by atoms with E-state index in [1.54, 1.807) is 0 Å². The molecule has 0 amide bonds. The highest BCUT2D eigenvalue weighted by Gasteiger charge is 2.21. The standard InChI is InChI=1S/C11H19BrN4/c1-9(2)10(5-12)6-15-3-4-16-8-13-14-11(16)7-15/h8-10H,3-7H2,1-2H3. The maximum absolute atomic E-state index is 4.14. The molecule has 0 aromatic carbocycles. The van der Waals surface area contributed by atoms with Gasteiger partial charge >= 0.3 is 0 Å². The Kier molecular flexibility index (Phi) is 3.97. The first-order valence-corrected chi connectivity index (χ1v) is 6.98. The fourth-order valence-electron chi connectivity index (χ4n) is 2.04. The van der Waals surface area contributed by atoms with Crippen molar-refractivity contribution >= 4 is 15.9 Å². The van der Waals surface area contributed by atoms with Crippen LogP contribution < -0.4 is 0 Å². The number of alkyl halides is 1. The second kappa shape index (κ2) is 5.27. The van der Waals surface area contributed by atoms with E-state index in [4.69, 9.17) is 0 Å². The van der Waals surface area contributed by atoms with Crippen LogP contribution in [0.15, 0.2) is 6.33 Å². The number of rotatable bonds is 4. The number of hydrogen-bond acceptors (Lipinski definition) is 3. The van der Waals surface area contributed by atoms with Crippen LogP contribution >= 0.6 is 15.9 Å². The predicted molar refractivity (Wildman–Crippen MR) is 67.4 cm³/mol. The summed E-state index contributed by atoms with van der Waals surface area (Å²) >= 11 is 3.61. The van der Waals surface area contributed by atoms with Crippen molar-refractivity contribution in [1.29, 1.82) is 0 Å². The summed E-state index contributed by atoms with van der Waals surface area (Å²) in [6, 6.07) is 0. The van der Waals surface area contributed by atoms with E-state index in [1.807, 2.05) is 6.33 Å². The van der Waals surface area contributed by atoms with Crippen LogP contribution in [0.1, 0.15) is 19.7 Å². The van der Waals surface area contributed by atoms with Crippen molar-refractivity contribution in [2.24, 2.45) is 11.8 Å². The maximum atomic E-state index is 4.14. The van der Waals surface area contributed by atoms with Gasteiger partial charge in [-0.3, -0.25) is 4.90 Å². The predicted octanol–water partition coefficient (Wildman–Crippen LogP) is 1.76. The number of hydrogen-bond donors (Lipinski definition) is 0. The van der Waals surface area contributed by atoms with E-state index in [-0.39, 0.29) is 0 Å². The number of aromatic nitrogens is 3. The second-order valence-electron chi connectivity index (χ2n) is 4.83. The summed E-state index contributed by atoms with van der Waals surface area (Å²) in [6.07, 6.45) is 1.83. The van der Waals surface area contributed by atoms with Gasteiger partial charge in [0.2, 0.25) is 0 Å². The largest absolute Gasteiger partial charge is 0.315 e. The van der Waals surface area contributed by atoms with Gasteiger partial charge in [0.25, 0.3) is 0 Å². The van der Waals surface area contributed by atoms with E-state index in [2.05, 4.69) is 49.4 Å². The normalized spacial score (nSPS) is 18.8. The van der Waals surface area contributed by atoms with Gasteiger partial charge in [-0.15, -0.1) is 10.2 Å². The van der Waals surface area contributed by atoms with E-state index >= 15 is 0 Å². The Morgan fingerprint density at radius 3 is 2.94 bits per heavy atom. The van der Waals surface area contributed by atoms with Crippen LogP contribution in [-0.2, 0) is 13.1 Å². The molecule has 0 fully saturated rings. The molecule has 2 rings (SSSR count). The number of halogens is 1. The van der Waals surface area contributed by atoms with Gasteiger partial charge < -0.3 is 4.57 Å². The van der Waals surface area contributed by atoms with Gasteiger partial charge in [0.1, 0.15) is 12.2 Å². The minimum atomic E-state index is 0.717. The molecule has 4 nitrogen and oxygen atoms in total. The van der Waals surface area contributed by atoms with Crippen molar-refractivity contribution < 1.29 is 0 Å². The van der Waals surface area contributed by atoms with Crippen molar-refractivity contribution in [1.82, 2.24) is 19.7 Å². The molecule has 0 spiro atoms. The molecule has 0 saturated heterocycles. The summed E-state index contributed by atoms with van der Waals surface area (Å²) in [4.78, 5) is 2.48.